The first-order valence-electron chi connectivity index (χ1n) is 8.81. The fraction of sp³-hybridized carbons (Fsp3) is 0.625. The molecule has 0 unspecified atom stereocenters. The Morgan fingerprint density at radius 3 is 1.19 bits per heavy atom. The molecule has 1 rings (SSSR count). The van der Waals surface area contributed by atoms with Gasteiger partial charge in [0.25, 0.3) is 0 Å². The van der Waals surface area contributed by atoms with E-state index in [9.17, 15) is 81.6 Å². The number of hydrogen-bond donors (Lipinski definition) is 0. The van der Waals surface area contributed by atoms with E-state index in [1.807, 2.05) is 0 Å². The van der Waals surface area contributed by atoms with Gasteiger partial charge in [-0.05, 0) is 0 Å². The zero-order valence-electron chi connectivity index (χ0n) is 16.8. The summed E-state index contributed by atoms with van der Waals surface area (Å²) in [5, 5.41) is -2.61. The van der Waals surface area contributed by atoms with E-state index in [0.29, 0.717) is 12.1 Å². The molecule has 0 aliphatic rings. The Balaban J connectivity index is 3.46. The van der Waals surface area contributed by atoms with Gasteiger partial charge in [0.1, 0.15) is 0 Å². The molecule has 0 radical (unpaired) electrons. The topological polar surface area (TPSA) is 0 Å². The van der Waals surface area contributed by atoms with Gasteiger partial charge >= 0.3 is 200 Å². The van der Waals surface area contributed by atoms with Gasteiger partial charge in [0, 0.05) is 0 Å². The third-order valence-electron chi connectivity index (χ3n) is 4.81. The summed E-state index contributed by atoms with van der Waals surface area (Å²) in [7, 11) is 0. The van der Waals surface area contributed by atoms with Crippen molar-refractivity contribution in [3.63, 3.8) is 0 Å². The van der Waals surface area contributed by atoms with Gasteiger partial charge in [-0.15, -0.1) is 0 Å². The number of benzene rings is 1. The summed E-state index contributed by atoms with van der Waals surface area (Å²) in [5.74, 6) is -57.7. The molecule has 216 valence electrons. The molecule has 0 heterocycles. The molecule has 21 heteroatoms. The minimum absolute atomic E-state index is 0.200. The summed E-state index contributed by atoms with van der Waals surface area (Å²) in [6.07, 6.45) is -11.0. The third-order valence-corrected chi connectivity index (χ3v) is 9.37. The molecule has 0 fully saturated rings. The monoisotopic (exact) mass is 670 g/mol. The molecule has 0 saturated heterocycles. The molecule has 0 nitrogen and oxygen atoms in total. The van der Waals surface area contributed by atoms with Crippen molar-refractivity contribution in [2.45, 2.75) is 59.3 Å². The summed E-state index contributed by atoms with van der Waals surface area (Å²) in [6.45, 7) is 0. The van der Waals surface area contributed by atoms with Crippen LogP contribution in [0.15, 0.2) is 24.3 Å². The van der Waals surface area contributed by atoms with Gasteiger partial charge in [0.2, 0.25) is 0 Å². The quantitative estimate of drug-likeness (QED) is 0.174. The van der Waals surface area contributed by atoms with Crippen LogP contribution in [0, 0.1) is 0 Å². The van der Waals surface area contributed by atoms with Crippen LogP contribution in [0.2, 0.25) is 10.3 Å². The van der Waals surface area contributed by atoms with Gasteiger partial charge < -0.3 is 0 Å². The molecule has 0 aromatic heterocycles. The van der Waals surface area contributed by atoms with Gasteiger partial charge in [0.15, 0.2) is 0 Å². The fourth-order valence-electron chi connectivity index (χ4n) is 2.51. The molecule has 0 spiro atoms. The van der Waals surface area contributed by atoms with Crippen molar-refractivity contribution >= 4 is 30.2 Å². The zero-order valence-corrected chi connectivity index (χ0v) is 19.6. The van der Waals surface area contributed by atoms with Crippen molar-refractivity contribution in [1.82, 2.24) is 0 Å². The second-order valence-electron chi connectivity index (χ2n) is 7.36. The molecular formula is C16H8ClF19Ge. The number of rotatable bonds is 10. The maximum absolute atomic E-state index is 14.1. The van der Waals surface area contributed by atoms with Crippen molar-refractivity contribution in [3.8, 4) is 0 Å². The Kier molecular flexibility index (Phi) is 8.60. The Labute approximate surface area is 201 Å². The average Bonchev–Trinajstić information content (AvgIpc) is 2.71. The van der Waals surface area contributed by atoms with Crippen LogP contribution in [-0.4, -0.2) is 61.8 Å². The van der Waals surface area contributed by atoms with E-state index in [-0.39, 0.29) is 5.02 Å². The van der Waals surface area contributed by atoms with Crippen LogP contribution in [0.25, 0.3) is 0 Å². The molecule has 1 aromatic rings. The Morgan fingerprint density at radius 1 is 0.514 bits per heavy atom. The van der Waals surface area contributed by atoms with Crippen LogP contribution in [0.1, 0.15) is 6.42 Å². The molecule has 0 aliphatic carbocycles. The van der Waals surface area contributed by atoms with Crippen molar-refractivity contribution in [3.05, 3.63) is 29.3 Å². The molecule has 0 bridgehead atoms. The van der Waals surface area contributed by atoms with Crippen LogP contribution in [0.5, 0.6) is 0 Å². The van der Waals surface area contributed by atoms with Crippen LogP contribution in [0.3, 0.4) is 0 Å². The van der Waals surface area contributed by atoms with E-state index in [1.54, 1.807) is 0 Å². The van der Waals surface area contributed by atoms with E-state index in [4.69, 9.17) is 11.6 Å². The first-order chi connectivity index (χ1) is 16.0. The Morgan fingerprint density at radius 2 is 0.838 bits per heavy atom. The van der Waals surface area contributed by atoms with Gasteiger partial charge in [-0.3, -0.25) is 0 Å². The van der Waals surface area contributed by atoms with E-state index in [2.05, 4.69) is 0 Å². The summed E-state index contributed by atoms with van der Waals surface area (Å²) >= 11 is -1.53. The van der Waals surface area contributed by atoms with Gasteiger partial charge in [-0.25, -0.2) is 0 Å². The molecule has 0 N–H and O–H groups in total. The van der Waals surface area contributed by atoms with Gasteiger partial charge in [-0.2, -0.15) is 0 Å². The second kappa shape index (κ2) is 9.43. The normalized spacial score (nSPS) is 15.8. The van der Waals surface area contributed by atoms with Crippen molar-refractivity contribution in [2.24, 2.45) is 0 Å². The molecule has 0 saturated carbocycles. The molecule has 0 atom stereocenters. The summed E-state index contributed by atoms with van der Waals surface area (Å²) < 4.78 is 251. The van der Waals surface area contributed by atoms with Crippen molar-refractivity contribution < 1.29 is 81.6 Å². The van der Waals surface area contributed by atoms with Crippen molar-refractivity contribution in [1.29, 1.82) is 0 Å². The predicted molar refractivity (Wildman–Crippen MR) is 89.2 cm³/mol. The van der Waals surface area contributed by atoms with Crippen LogP contribution < -0.4 is 4.40 Å². The summed E-state index contributed by atoms with van der Waals surface area (Å²) in [6, 6.07) is 2.47. The average molecular weight is 669 g/mol. The van der Waals surface area contributed by atoms with Crippen LogP contribution in [0.4, 0.5) is 81.6 Å². The molecule has 1 aromatic carbocycles. The fourth-order valence-corrected chi connectivity index (χ4v) is 5.93. The number of halogens is 20. The van der Waals surface area contributed by atoms with Crippen LogP contribution in [-0.2, 0) is 0 Å². The zero-order chi connectivity index (χ0) is 29.9. The summed E-state index contributed by atoms with van der Waals surface area (Å²) in [4.78, 5) is 0. The number of alkyl halides is 17. The molecular weight excluding hydrogens is 661 g/mol. The maximum atomic E-state index is 14.1. The standard InChI is InChI=1S/C16H8ClF19Ge/c17-7-1-3-8(4-2-7)37(35,36)6-5-9(18,19)10(20,21)11(22,23)12(24,25)13(26,27)14(28,29)15(30,31)16(32,33)34/h1-4H,5-6H2. The minimum atomic E-state index is -8.76. The molecule has 0 aliphatic heterocycles. The molecule has 0 amide bonds. The predicted octanol–water partition coefficient (Wildman–Crippen LogP) is 8.33. The number of hydrogen-bond acceptors (Lipinski definition) is 0. The van der Waals surface area contributed by atoms with E-state index >= 15 is 0 Å². The second-order valence-corrected chi connectivity index (χ2v) is 13.0. The van der Waals surface area contributed by atoms with E-state index in [0.717, 1.165) is 12.1 Å². The van der Waals surface area contributed by atoms with E-state index in [1.165, 1.54) is 0 Å². The third kappa shape index (κ3) is 5.18. The van der Waals surface area contributed by atoms with Gasteiger partial charge in [-0.1, -0.05) is 0 Å². The molecule has 37 heavy (non-hydrogen) atoms. The van der Waals surface area contributed by atoms with Crippen molar-refractivity contribution in [2.75, 3.05) is 0 Å². The van der Waals surface area contributed by atoms with Gasteiger partial charge in [0.05, 0.1) is 0 Å². The Hall–Kier alpha value is -1.28. The first kappa shape index (κ1) is 33.8. The van der Waals surface area contributed by atoms with E-state index < -0.39 is 77.9 Å². The SMILES string of the molecule is FC(F)(F)C(F)(F)C(F)(F)C(F)(F)C(F)(F)C(F)(F)C(F)(F)C(F)(F)C[CH2][Ge]([F])([F])[c]1ccc(Cl)cc1. The summed E-state index contributed by atoms with van der Waals surface area (Å²) in [5.41, 5.74) is 0. The first-order valence-corrected chi connectivity index (χ1v) is 13.3. The van der Waals surface area contributed by atoms with Crippen LogP contribution >= 0.6 is 11.6 Å². The Bertz CT molecular complexity index is 950.